The highest BCUT2D eigenvalue weighted by Gasteiger charge is 2.23. The van der Waals surface area contributed by atoms with Gasteiger partial charge in [-0.3, -0.25) is 14.2 Å². The fourth-order valence-corrected chi connectivity index (χ4v) is 4.40. The first-order valence-electron chi connectivity index (χ1n) is 11.1. The van der Waals surface area contributed by atoms with Crippen molar-refractivity contribution >= 4 is 17.1 Å². The summed E-state index contributed by atoms with van der Waals surface area (Å²) in [6, 6.07) is 16.7. The molecule has 2 aromatic heterocycles. The number of pyridine rings is 1. The van der Waals surface area contributed by atoms with Crippen molar-refractivity contribution in [3.05, 3.63) is 94.2 Å². The number of rotatable bonds is 5. The highest BCUT2D eigenvalue weighted by molar-refractivity contribution is 5.94. The van der Waals surface area contributed by atoms with E-state index in [1.807, 2.05) is 12.1 Å². The summed E-state index contributed by atoms with van der Waals surface area (Å²) in [6.07, 6.45) is 5.81. The normalized spacial score (nSPS) is 14.0. The maximum Gasteiger partial charge on any atom is 0.278 e. The molecule has 1 aliphatic rings. The minimum absolute atomic E-state index is 0.133. The number of hydrogen-bond acceptors (Lipinski definition) is 4. The molecule has 5 rings (SSSR count). The molecular weight excluding hydrogens is 419 g/mol. The summed E-state index contributed by atoms with van der Waals surface area (Å²) in [4.78, 5) is 35.0. The van der Waals surface area contributed by atoms with E-state index >= 15 is 0 Å². The van der Waals surface area contributed by atoms with Crippen molar-refractivity contribution in [2.24, 2.45) is 0 Å². The summed E-state index contributed by atoms with van der Waals surface area (Å²) in [5.41, 5.74) is 3.45. The van der Waals surface area contributed by atoms with Crippen molar-refractivity contribution in [2.45, 2.75) is 38.3 Å². The molecule has 4 aromatic rings. The molecule has 1 N–H and O–H groups in total. The third-order valence-corrected chi connectivity index (χ3v) is 6.12. The van der Waals surface area contributed by atoms with E-state index in [9.17, 15) is 14.0 Å². The maximum atomic E-state index is 13.4. The minimum Gasteiger partial charge on any atom is -0.348 e. The van der Waals surface area contributed by atoms with Crippen LogP contribution in [-0.2, 0) is 6.54 Å². The van der Waals surface area contributed by atoms with E-state index in [0.717, 1.165) is 31.2 Å². The van der Waals surface area contributed by atoms with Crippen LogP contribution < -0.4 is 10.9 Å². The monoisotopic (exact) mass is 442 g/mol. The van der Waals surface area contributed by atoms with Gasteiger partial charge in [0.1, 0.15) is 17.0 Å². The van der Waals surface area contributed by atoms with Crippen molar-refractivity contribution in [2.75, 3.05) is 0 Å². The molecule has 166 valence electrons. The standard InChI is InChI=1S/C26H23FN4O2/c27-20-13-7-17(8-14-20)16-29-25(32)19-11-9-18(10-12-19)23-26(33)31(21-4-1-2-5-21)24-22(30-23)6-3-15-28-24/h3,6-15,21H,1-2,4-5,16H2,(H,29,32). The number of carbonyl (C=O) groups excluding carboxylic acids is 1. The first-order chi connectivity index (χ1) is 16.1. The van der Waals surface area contributed by atoms with Crippen LogP contribution in [0.3, 0.4) is 0 Å². The lowest BCUT2D eigenvalue weighted by Crippen LogP contribution is -2.27. The minimum atomic E-state index is -0.314. The molecule has 1 aliphatic carbocycles. The smallest absolute Gasteiger partial charge is 0.278 e. The number of aromatic nitrogens is 3. The first-order valence-corrected chi connectivity index (χ1v) is 11.1. The van der Waals surface area contributed by atoms with E-state index in [1.165, 1.54) is 12.1 Å². The van der Waals surface area contributed by atoms with Crippen molar-refractivity contribution < 1.29 is 9.18 Å². The van der Waals surface area contributed by atoms with Crippen LogP contribution in [-0.4, -0.2) is 20.4 Å². The summed E-state index contributed by atoms with van der Waals surface area (Å²) in [6.45, 7) is 0.298. The van der Waals surface area contributed by atoms with E-state index in [0.29, 0.717) is 34.5 Å². The number of fused-ring (bicyclic) bond motifs is 1. The van der Waals surface area contributed by atoms with E-state index in [4.69, 9.17) is 0 Å². The van der Waals surface area contributed by atoms with E-state index < -0.39 is 0 Å². The third-order valence-electron chi connectivity index (χ3n) is 6.12. The van der Waals surface area contributed by atoms with Crippen LogP contribution in [0.1, 0.15) is 47.6 Å². The molecule has 0 radical (unpaired) electrons. The van der Waals surface area contributed by atoms with Gasteiger partial charge in [0.15, 0.2) is 5.65 Å². The predicted molar refractivity (Wildman–Crippen MR) is 124 cm³/mol. The second kappa shape index (κ2) is 8.94. The molecular formula is C26H23FN4O2. The quantitative estimate of drug-likeness (QED) is 0.488. The Balaban J connectivity index is 1.42. The molecule has 7 heteroatoms. The summed E-state index contributed by atoms with van der Waals surface area (Å²) >= 11 is 0. The van der Waals surface area contributed by atoms with Gasteiger partial charge in [-0.25, -0.2) is 14.4 Å². The molecule has 6 nitrogen and oxygen atoms in total. The Morgan fingerprint density at radius 2 is 1.76 bits per heavy atom. The Kier molecular flexibility index (Phi) is 5.69. The summed E-state index contributed by atoms with van der Waals surface area (Å²) < 4.78 is 14.8. The van der Waals surface area contributed by atoms with E-state index in [2.05, 4.69) is 15.3 Å². The zero-order valence-corrected chi connectivity index (χ0v) is 18.0. The Morgan fingerprint density at radius 1 is 1.03 bits per heavy atom. The van der Waals surface area contributed by atoms with Gasteiger partial charge in [-0.2, -0.15) is 0 Å². The van der Waals surface area contributed by atoms with Gasteiger partial charge in [0.05, 0.1) is 0 Å². The Morgan fingerprint density at radius 3 is 2.48 bits per heavy atom. The average Bonchev–Trinajstić information content (AvgIpc) is 3.38. The summed E-state index contributed by atoms with van der Waals surface area (Å²) in [5, 5.41) is 2.82. The van der Waals surface area contributed by atoms with Crippen LogP contribution in [0.15, 0.2) is 71.7 Å². The van der Waals surface area contributed by atoms with Crippen LogP contribution in [0.25, 0.3) is 22.4 Å². The molecule has 0 spiro atoms. The Bertz CT molecular complexity index is 1360. The molecule has 1 amide bonds. The molecule has 1 fully saturated rings. The van der Waals surface area contributed by atoms with Gasteiger partial charge in [-0.1, -0.05) is 37.1 Å². The maximum absolute atomic E-state index is 13.4. The third kappa shape index (κ3) is 4.26. The zero-order chi connectivity index (χ0) is 22.8. The van der Waals surface area contributed by atoms with Gasteiger partial charge in [-0.15, -0.1) is 0 Å². The average molecular weight is 442 g/mol. The van der Waals surface area contributed by atoms with Gasteiger partial charge in [0.2, 0.25) is 0 Å². The van der Waals surface area contributed by atoms with Crippen LogP contribution >= 0.6 is 0 Å². The van der Waals surface area contributed by atoms with E-state index in [1.54, 1.807) is 47.2 Å². The second-order valence-electron chi connectivity index (χ2n) is 8.31. The highest BCUT2D eigenvalue weighted by Crippen LogP contribution is 2.30. The molecule has 0 saturated heterocycles. The van der Waals surface area contributed by atoms with Crippen molar-refractivity contribution in [1.29, 1.82) is 0 Å². The molecule has 0 aliphatic heterocycles. The zero-order valence-electron chi connectivity index (χ0n) is 18.0. The van der Waals surface area contributed by atoms with Crippen molar-refractivity contribution in [3.63, 3.8) is 0 Å². The number of nitrogens with one attached hydrogen (secondary N) is 1. The Hall–Kier alpha value is -3.87. The number of hydrogen-bond donors (Lipinski definition) is 1. The van der Waals surface area contributed by atoms with Gasteiger partial charge >= 0.3 is 0 Å². The summed E-state index contributed by atoms with van der Waals surface area (Å²) in [7, 11) is 0. The number of benzene rings is 2. The predicted octanol–water partition coefficient (Wildman–Crippen LogP) is 4.64. The SMILES string of the molecule is O=C(NCc1ccc(F)cc1)c1ccc(-c2nc3cccnc3n(C3CCCC3)c2=O)cc1. The molecule has 1 saturated carbocycles. The number of nitrogens with zero attached hydrogens (tertiary/aromatic N) is 3. The lowest BCUT2D eigenvalue weighted by atomic mass is 10.1. The number of halogens is 1. The van der Waals surface area contributed by atoms with Crippen molar-refractivity contribution in [1.82, 2.24) is 19.9 Å². The molecule has 0 atom stereocenters. The van der Waals surface area contributed by atoms with Crippen LogP contribution in [0.5, 0.6) is 0 Å². The lowest BCUT2D eigenvalue weighted by molar-refractivity contribution is 0.0951. The van der Waals surface area contributed by atoms with Gasteiger partial charge in [-0.05, 0) is 54.8 Å². The molecule has 2 aromatic carbocycles. The molecule has 2 heterocycles. The van der Waals surface area contributed by atoms with Crippen molar-refractivity contribution in [3.8, 4) is 11.3 Å². The molecule has 33 heavy (non-hydrogen) atoms. The fourth-order valence-electron chi connectivity index (χ4n) is 4.40. The van der Waals surface area contributed by atoms with Gasteiger partial charge in [0, 0.05) is 29.9 Å². The molecule has 0 unspecified atom stereocenters. The lowest BCUT2D eigenvalue weighted by Gasteiger charge is -2.17. The van der Waals surface area contributed by atoms with Crippen LogP contribution in [0, 0.1) is 5.82 Å². The van der Waals surface area contributed by atoms with Crippen LogP contribution in [0.2, 0.25) is 0 Å². The van der Waals surface area contributed by atoms with Crippen LogP contribution in [0.4, 0.5) is 4.39 Å². The Labute approximate surface area is 190 Å². The topological polar surface area (TPSA) is 76.9 Å². The molecule has 0 bridgehead atoms. The van der Waals surface area contributed by atoms with Gasteiger partial charge in [0.25, 0.3) is 11.5 Å². The number of carbonyl (C=O) groups is 1. The second-order valence-corrected chi connectivity index (χ2v) is 8.31. The largest absolute Gasteiger partial charge is 0.348 e. The number of amides is 1. The van der Waals surface area contributed by atoms with E-state index in [-0.39, 0.29) is 23.3 Å². The highest BCUT2D eigenvalue weighted by atomic mass is 19.1. The van der Waals surface area contributed by atoms with Gasteiger partial charge < -0.3 is 5.32 Å². The first kappa shape index (κ1) is 21.0. The fraction of sp³-hybridized carbons (Fsp3) is 0.231. The summed E-state index contributed by atoms with van der Waals surface area (Å²) in [5.74, 6) is -0.560.